The molecule has 1 heterocycles. The summed E-state index contributed by atoms with van der Waals surface area (Å²) in [7, 11) is 0. The molecule has 29 heavy (non-hydrogen) atoms. The Hall–Kier alpha value is -3.27. The highest BCUT2D eigenvalue weighted by molar-refractivity contribution is 5.70. The molecule has 0 bridgehead atoms. The van der Waals surface area contributed by atoms with Gasteiger partial charge in [0.15, 0.2) is 5.82 Å². The van der Waals surface area contributed by atoms with Crippen LogP contribution in [0.25, 0.3) is 22.5 Å². The highest BCUT2D eigenvalue weighted by Crippen LogP contribution is 2.31. The third-order valence-corrected chi connectivity index (χ3v) is 5.89. The molecular formula is C25H22FN3. The lowest BCUT2D eigenvalue weighted by atomic mass is 9.94. The van der Waals surface area contributed by atoms with Crippen LogP contribution in [0, 0.1) is 11.7 Å². The molecule has 0 radical (unpaired) electrons. The van der Waals surface area contributed by atoms with Gasteiger partial charge in [0, 0.05) is 5.56 Å². The van der Waals surface area contributed by atoms with Crippen molar-refractivity contribution in [3.05, 3.63) is 95.6 Å². The lowest BCUT2D eigenvalue weighted by Gasteiger charge is -2.11. The van der Waals surface area contributed by atoms with Gasteiger partial charge in [-0.1, -0.05) is 48.5 Å². The molecule has 0 saturated heterocycles. The van der Waals surface area contributed by atoms with Crippen LogP contribution in [0.4, 0.5) is 4.39 Å². The van der Waals surface area contributed by atoms with Crippen molar-refractivity contribution in [2.45, 2.75) is 25.7 Å². The Morgan fingerprint density at radius 1 is 0.862 bits per heavy atom. The van der Waals surface area contributed by atoms with Crippen LogP contribution in [0.3, 0.4) is 0 Å². The SMILES string of the molecule is Fc1ccc(-c2cccc(-c3ncn[nH]3)c2)cc1CCC1Cc2ccccc2C1. The minimum absolute atomic E-state index is 0.115. The van der Waals surface area contributed by atoms with Gasteiger partial charge in [-0.05, 0) is 77.6 Å². The van der Waals surface area contributed by atoms with Gasteiger partial charge in [0.2, 0.25) is 0 Å². The molecule has 0 amide bonds. The normalized spacial score (nSPS) is 13.6. The van der Waals surface area contributed by atoms with Gasteiger partial charge in [0.25, 0.3) is 0 Å². The number of nitrogens with one attached hydrogen (secondary N) is 1. The van der Waals surface area contributed by atoms with Crippen molar-refractivity contribution in [3.63, 3.8) is 0 Å². The standard InChI is InChI=1S/C25H22FN3/c26-24-11-10-21(20-6-3-7-23(15-20)25-27-16-28-29-25)14-22(24)9-8-17-12-18-4-1-2-5-19(18)13-17/h1-7,10-11,14-17H,8-9,12-13H2,(H,27,28,29). The largest absolute Gasteiger partial charge is 0.259 e. The predicted molar refractivity (Wildman–Crippen MR) is 113 cm³/mol. The maximum atomic E-state index is 14.5. The van der Waals surface area contributed by atoms with E-state index in [1.54, 1.807) is 6.07 Å². The van der Waals surface area contributed by atoms with Gasteiger partial charge in [-0.15, -0.1) is 0 Å². The van der Waals surface area contributed by atoms with E-state index >= 15 is 0 Å². The van der Waals surface area contributed by atoms with Crippen molar-refractivity contribution in [1.29, 1.82) is 0 Å². The van der Waals surface area contributed by atoms with E-state index in [4.69, 9.17) is 0 Å². The van der Waals surface area contributed by atoms with Crippen LogP contribution in [0.1, 0.15) is 23.1 Å². The molecule has 1 N–H and O–H groups in total. The second-order valence-corrected chi connectivity index (χ2v) is 7.80. The average molecular weight is 383 g/mol. The summed E-state index contributed by atoms with van der Waals surface area (Å²) in [6, 6.07) is 22.2. The number of aromatic amines is 1. The summed E-state index contributed by atoms with van der Waals surface area (Å²) in [5, 5.41) is 6.81. The van der Waals surface area contributed by atoms with E-state index in [1.807, 2.05) is 30.3 Å². The summed E-state index contributed by atoms with van der Waals surface area (Å²) in [6.45, 7) is 0. The molecule has 0 aliphatic heterocycles. The van der Waals surface area contributed by atoms with E-state index in [2.05, 4.69) is 45.5 Å². The van der Waals surface area contributed by atoms with E-state index in [-0.39, 0.29) is 5.82 Å². The van der Waals surface area contributed by atoms with Crippen molar-refractivity contribution >= 4 is 0 Å². The number of aromatic nitrogens is 3. The Balaban J connectivity index is 1.34. The number of nitrogens with zero attached hydrogens (tertiary/aromatic N) is 2. The fraction of sp³-hybridized carbons (Fsp3) is 0.200. The first-order valence-electron chi connectivity index (χ1n) is 10.1. The molecule has 1 aliphatic carbocycles. The summed E-state index contributed by atoms with van der Waals surface area (Å²) in [5.41, 5.74) is 6.75. The molecule has 3 nitrogen and oxygen atoms in total. The van der Waals surface area contributed by atoms with Gasteiger partial charge in [0.05, 0.1) is 0 Å². The molecular weight excluding hydrogens is 361 g/mol. The first kappa shape index (κ1) is 17.8. The molecule has 144 valence electrons. The highest BCUT2D eigenvalue weighted by atomic mass is 19.1. The molecule has 3 aromatic carbocycles. The number of aryl methyl sites for hydroxylation is 1. The van der Waals surface area contributed by atoms with E-state index in [0.717, 1.165) is 53.8 Å². The zero-order chi connectivity index (χ0) is 19.6. The van der Waals surface area contributed by atoms with Crippen LogP contribution in [0.2, 0.25) is 0 Å². The summed E-state index contributed by atoms with van der Waals surface area (Å²) in [5.74, 6) is 1.22. The van der Waals surface area contributed by atoms with E-state index in [0.29, 0.717) is 5.92 Å². The Labute approximate surface area is 169 Å². The lowest BCUT2D eigenvalue weighted by molar-refractivity contribution is 0.504. The van der Waals surface area contributed by atoms with Crippen molar-refractivity contribution in [2.24, 2.45) is 5.92 Å². The highest BCUT2D eigenvalue weighted by Gasteiger charge is 2.21. The number of hydrogen-bond donors (Lipinski definition) is 1. The van der Waals surface area contributed by atoms with Gasteiger partial charge in [-0.3, -0.25) is 5.10 Å². The molecule has 0 atom stereocenters. The van der Waals surface area contributed by atoms with Gasteiger partial charge >= 0.3 is 0 Å². The number of benzene rings is 3. The van der Waals surface area contributed by atoms with Crippen LogP contribution in [-0.2, 0) is 19.3 Å². The van der Waals surface area contributed by atoms with Gasteiger partial charge in [0.1, 0.15) is 12.1 Å². The summed E-state index contributed by atoms with van der Waals surface area (Å²) >= 11 is 0. The van der Waals surface area contributed by atoms with Gasteiger partial charge < -0.3 is 0 Å². The van der Waals surface area contributed by atoms with Crippen LogP contribution >= 0.6 is 0 Å². The topological polar surface area (TPSA) is 41.6 Å². The second-order valence-electron chi connectivity index (χ2n) is 7.80. The number of fused-ring (bicyclic) bond motifs is 1. The molecule has 0 fully saturated rings. The minimum Gasteiger partial charge on any atom is -0.259 e. The molecule has 1 aliphatic rings. The van der Waals surface area contributed by atoms with E-state index in [1.165, 1.54) is 17.5 Å². The van der Waals surface area contributed by atoms with Gasteiger partial charge in [-0.2, -0.15) is 5.10 Å². The van der Waals surface area contributed by atoms with Crippen LogP contribution in [-0.4, -0.2) is 15.2 Å². The first-order chi connectivity index (χ1) is 14.3. The minimum atomic E-state index is -0.115. The molecule has 0 spiro atoms. The maximum Gasteiger partial charge on any atom is 0.155 e. The molecule has 0 saturated carbocycles. The van der Waals surface area contributed by atoms with Crippen LogP contribution in [0.15, 0.2) is 73.1 Å². The fourth-order valence-electron chi connectivity index (χ4n) is 4.35. The molecule has 0 unspecified atom stereocenters. The second kappa shape index (κ2) is 7.63. The quantitative estimate of drug-likeness (QED) is 0.486. The Morgan fingerprint density at radius 3 is 2.38 bits per heavy atom. The first-order valence-corrected chi connectivity index (χ1v) is 10.1. The molecule has 4 aromatic rings. The third-order valence-electron chi connectivity index (χ3n) is 5.89. The van der Waals surface area contributed by atoms with Crippen molar-refractivity contribution in [2.75, 3.05) is 0 Å². The Bertz CT molecular complexity index is 1110. The third kappa shape index (κ3) is 3.70. The van der Waals surface area contributed by atoms with Crippen molar-refractivity contribution in [3.8, 4) is 22.5 Å². The summed E-state index contributed by atoms with van der Waals surface area (Å²) in [6.07, 6.45) is 5.49. The maximum absolute atomic E-state index is 14.5. The van der Waals surface area contributed by atoms with E-state index in [9.17, 15) is 4.39 Å². The lowest BCUT2D eigenvalue weighted by Crippen LogP contribution is -2.03. The van der Waals surface area contributed by atoms with Crippen molar-refractivity contribution < 1.29 is 4.39 Å². The van der Waals surface area contributed by atoms with E-state index < -0.39 is 0 Å². The zero-order valence-electron chi connectivity index (χ0n) is 16.1. The number of rotatable bonds is 5. The number of H-pyrrole nitrogens is 1. The summed E-state index contributed by atoms with van der Waals surface area (Å²) < 4.78 is 14.5. The Kier molecular flexibility index (Phi) is 4.68. The van der Waals surface area contributed by atoms with Gasteiger partial charge in [-0.25, -0.2) is 9.37 Å². The Morgan fingerprint density at radius 2 is 1.62 bits per heavy atom. The molecule has 5 rings (SSSR count). The molecule has 1 aromatic heterocycles. The fourth-order valence-corrected chi connectivity index (χ4v) is 4.35. The predicted octanol–water partition coefficient (Wildman–Crippen LogP) is 5.63. The van der Waals surface area contributed by atoms with Crippen LogP contribution < -0.4 is 0 Å². The monoisotopic (exact) mass is 383 g/mol. The molecule has 4 heteroatoms. The van der Waals surface area contributed by atoms with Crippen LogP contribution in [0.5, 0.6) is 0 Å². The zero-order valence-corrected chi connectivity index (χ0v) is 16.1. The average Bonchev–Trinajstić information content (AvgIpc) is 3.43. The number of hydrogen-bond acceptors (Lipinski definition) is 2. The smallest absolute Gasteiger partial charge is 0.155 e. The summed E-state index contributed by atoms with van der Waals surface area (Å²) in [4.78, 5) is 4.22. The van der Waals surface area contributed by atoms with Crippen molar-refractivity contribution in [1.82, 2.24) is 15.2 Å². The number of halogens is 1.